The molecule has 0 unspecified atom stereocenters. The standard InChI is InChI=1S/C20H18Br2FN7O2/c21-13-9-12(17(31)16(22)10-13)11-24-29-19-26-18(25-15-3-1-14(23)2-4-15)27-20(28-19)30-5-7-32-8-6-30/h1-4,9-11,31H,5-8H2,(H2,25,26,27,28,29)/b24-11+. The summed E-state index contributed by atoms with van der Waals surface area (Å²) in [7, 11) is 0. The number of hydrogen-bond acceptors (Lipinski definition) is 9. The maximum atomic E-state index is 13.2. The van der Waals surface area contributed by atoms with Gasteiger partial charge in [-0.15, -0.1) is 0 Å². The van der Waals surface area contributed by atoms with Crippen molar-refractivity contribution in [2.45, 2.75) is 0 Å². The van der Waals surface area contributed by atoms with Gasteiger partial charge in [0, 0.05) is 28.8 Å². The van der Waals surface area contributed by atoms with Gasteiger partial charge in [0.2, 0.25) is 17.8 Å². The van der Waals surface area contributed by atoms with E-state index in [9.17, 15) is 9.50 Å². The predicted octanol–water partition coefficient (Wildman–Crippen LogP) is 4.27. The van der Waals surface area contributed by atoms with Gasteiger partial charge >= 0.3 is 0 Å². The van der Waals surface area contributed by atoms with Crippen LogP contribution in [0.4, 0.5) is 27.9 Å². The number of rotatable bonds is 6. The van der Waals surface area contributed by atoms with Crippen molar-refractivity contribution in [1.29, 1.82) is 0 Å². The summed E-state index contributed by atoms with van der Waals surface area (Å²) in [5, 5.41) is 17.4. The second-order valence-corrected chi connectivity index (χ2v) is 8.48. The quantitative estimate of drug-likeness (QED) is 0.300. The fourth-order valence-corrected chi connectivity index (χ4v) is 4.14. The number of hydrazone groups is 1. The van der Waals surface area contributed by atoms with E-state index in [1.54, 1.807) is 24.3 Å². The summed E-state index contributed by atoms with van der Waals surface area (Å²) in [5.74, 6) is 0.662. The van der Waals surface area contributed by atoms with Gasteiger partial charge in [0.1, 0.15) is 11.6 Å². The Morgan fingerprint density at radius 1 is 1.06 bits per heavy atom. The topological polar surface area (TPSA) is 108 Å². The molecule has 32 heavy (non-hydrogen) atoms. The Balaban J connectivity index is 1.59. The lowest BCUT2D eigenvalue weighted by atomic mass is 10.2. The van der Waals surface area contributed by atoms with Crippen molar-refractivity contribution in [2.75, 3.05) is 41.9 Å². The highest BCUT2D eigenvalue weighted by Crippen LogP contribution is 2.30. The van der Waals surface area contributed by atoms with Crippen LogP contribution < -0.4 is 15.6 Å². The summed E-state index contributed by atoms with van der Waals surface area (Å²) in [6.07, 6.45) is 1.45. The lowest BCUT2D eigenvalue weighted by Crippen LogP contribution is -2.37. The average molecular weight is 567 g/mol. The smallest absolute Gasteiger partial charge is 0.250 e. The number of benzene rings is 2. The Kier molecular flexibility index (Phi) is 7.12. The van der Waals surface area contributed by atoms with Crippen LogP contribution in [0.15, 0.2) is 50.4 Å². The molecule has 1 aliphatic rings. The highest BCUT2D eigenvalue weighted by Gasteiger charge is 2.17. The van der Waals surface area contributed by atoms with E-state index in [4.69, 9.17) is 4.74 Å². The molecule has 12 heteroatoms. The molecule has 0 atom stereocenters. The van der Waals surface area contributed by atoms with Gasteiger partial charge in [-0.3, -0.25) is 0 Å². The Morgan fingerprint density at radius 2 is 1.78 bits per heavy atom. The molecule has 9 nitrogen and oxygen atoms in total. The van der Waals surface area contributed by atoms with E-state index < -0.39 is 0 Å². The molecule has 1 aromatic heterocycles. The second-order valence-electron chi connectivity index (χ2n) is 6.71. The number of phenols is 1. The summed E-state index contributed by atoms with van der Waals surface area (Å²) in [6.45, 7) is 2.43. The minimum Gasteiger partial charge on any atom is -0.506 e. The number of phenolic OH excluding ortho intramolecular Hbond substituents is 1. The Bertz CT molecular complexity index is 1130. The van der Waals surface area contributed by atoms with E-state index in [0.29, 0.717) is 48.0 Å². The molecule has 166 valence electrons. The molecule has 1 saturated heterocycles. The fourth-order valence-electron chi connectivity index (χ4n) is 2.88. The minimum atomic E-state index is -0.334. The van der Waals surface area contributed by atoms with Crippen LogP contribution >= 0.6 is 31.9 Å². The third kappa shape index (κ3) is 5.69. The first-order chi connectivity index (χ1) is 15.5. The Labute approximate surface area is 200 Å². The molecule has 0 aliphatic carbocycles. The summed E-state index contributed by atoms with van der Waals surface area (Å²) in [6, 6.07) is 9.32. The zero-order chi connectivity index (χ0) is 22.5. The number of anilines is 4. The van der Waals surface area contributed by atoms with E-state index in [-0.39, 0.29) is 23.5 Å². The highest BCUT2D eigenvalue weighted by molar-refractivity contribution is 9.11. The predicted molar refractivity (Wildman–Crippen MR) is 127 cm³/mol. The van der Waals surface area contributed by atoms with Crippen molar-refractivity contribution in [3.63, 3.8) is 0 Å². The molecule has 0 saturated carbocycles. The largest absolute Gasteiger partial charge is 0.506 e. The fraction of sp³-hybridized carbons (Fsp3) is 0.200. The molecule has 3 N–H and O–H groups in total. The Hall–Kier alpha value is -2.83. The summed E-state index contributed by atoms with van der Waals surface area (Å²) in [4.78, 5) is 15.2. The third-order valence-corrected chi connectivity index (χ3v) is 5.51. The van der Waals surface area contributed by atoms with Crippen LogP contribution in [0.25, 0.3) is 0 Å². The van der Waals surface area contributed by atoms with Crippen molar-refractivity contribution in [3.05, 3.63) is 56.7 Å². The third-order valence-electron chi connectivity index (χ3n) is 4.44. The molecule has 1 fully saturated rings. The molecule has 0 spiro atoms. The zero-order valence-electron chi connectivity index (χ0n) is 16.6. The van der Waals surface area contributed by atoms with Crippen LogP contribution in [0.1, 0.15) is 5.56 Å². The summed E-state index contributed by atoms with van der Waals surface area (Å²) in [5.41, 5.74) is 3.90. The number of morpholine rings is 1. The van der Waals surface area contributed by atoms with Crippen LogP contribution in [0.2, 0.25) is 0 Å². The van der Waals surface area contributed by atoms with Crippen molar-refractivity contribution in [1.82, 2.24) is 15.0 Å². The van der Waals surface area contributed by atoms with Crippen LogP contribution in [-0.2, 0) is 4.74 Å². The number of aromatic hydroxyl groups is 1. The number of nitrogens with zero attached hydrogens (tertiary/aromatic N) is 5. The zero-order valence-corrected chi connectivity index (χ0v) is 19.8. The summed E-state index contributed by atoms with van der Waals surface area (Å²) >= 11 is 6.67. The molecular formula is C20H18Br2FN7O2. The van der Waals surface area contributed by atoms with Gasteiger partial charge in [-0.05, 0) is 52.3 Å². The van der Waals surface area contributed by atoms with Gasteiger partial charge in [-0.1, -0.05) is 15.9 Å². The van der Waals surface area contributed by atoms with Gasteiger partial charge < -0.3 is 20.1 Å². The molecule has 0 radical (unpaired) electrons. The Morgan fingerprint density at radius 3 is 2.53 bits per heavy atom. The van der Waals surface area contributed by atoms with Crippen molar-refractivity contribution in [2.24, 2.45) is 5.10 Å². The van der Waals surface area contributed by atoms with E-state index in [1.165, 1.54) is 18.3 Å². The number of aromatic nitrogens is 3. The van der Waals surface area contributed by atoms with Crippen LogP contribution in [0.5, 0.6) is 5.75 Å². The monoisotopic (exact) mass is 565 g/mol. The highest BCUT2D eigenvalue weighted by atomic mass is 79.9. The molecule has 1 aliphatic heterocycles. The van der Waals surface area contributed by atoms with Crippen molar-refractivity contribution >= 4 is 61.6 Å². The molecule has 0 amide bonds. The maximum Gasteiger partial charge on any atom is 0.250 e. The van der Waals surface area contributed by atoms with Gasteiger partial charge in [0.05, 0.1) is 23.9 Å². The summed E-state index contributed by atoms with van der Waals surface area (Å²) < 4.78 is 19.9. The molecule has 2 heterocycles. The van der Waals surface area contributed by atoms with Crippen LogP contribution in [0.3, 0.4) is 0 Å². The average Bonchev–Trinajstić information content (AvgIpc) is 2.79. The van der Waals surface area contributed by atoms with Gasteiger partial charge in [-0.2, -0.15) is 20.1 Å². The lowest BCUT2D eigenvalue weighted by molar-refractivity contribution is 0.122. The normalized spacial score (nSPS) is 14.0. The first-order valence-electron chi connectivity index (χ1n) is 9.56. The number of ether oxygens (including phenoxy) is 1. The number of halogens is 3. The molecule has 0 bridgehead atoms. The SMILES string of the molecule is Oc1c(Br)cc(Br)cc1/C=N/Nc1nc(Nc2ccc(F)cc2)nc(N2CCOCC2)n1. The second kappa shape index (κ2) is 10.2. The van der Waals surface area contributed by atoms with Crippen LogP contribution in [-0.4, -0.2) is 52.6 Å². The number of nitrogens with one attached hydrogen (secondary N) is 2. The first-order valence-corrected chi connectivity index (χ1v) is 11.1. The van der Waals surface area contributed by atoms with Crippen molar-refractivity contribution in [3.8, 4) is 5.75 Å². The molecule has 4 rings (SSSR count). The van der Waals surface area contributed by atoms with Crippen molar-refractivity contribution < 1.29 is 14.2 Å². The minimum absolute atomic E-state index is 0.0575. The molecule has 3 aromatic rings. The number of hydrogen-bond donors (Lipinski definition) is 3. The van der Waals surface area contributed by atoms with E-state index in [1.807, 2.05) is 4.90 Å². The maximum absolute atomic E-state index is 13.2. The first kappa shape index (κ1) is 22.4. The van der Waals surface area contributed by atoms with E-state index >= 15 is 0 Å². The van der Waals surface area contributed by atoms with Crippen LogP contribution in [0, 0.1) is 5.82 Å². The van der Waals surface area contributed by atoms with Gasteiger partial charge in [0.15, 0.2) is 0 Å². The lowest BCUT2D eigenvalue weighted by Gasteiger charge is -2.27. The van der Waals surface area contributed by atoms with E-state index in [0.717, 1.165) is 4.47 Å². The molecular weight excluding hydrogens is 549 g/mol. The molecule has 2 aromatic carbocycles. The van der Waals surface area contributed by atoms with E-state index in [2.05, 4.69) is 62.7 Å². The van der Waals surface area contributed by atoms with Gasteiger partial charge in [-0.25, -0.2) is 9.82 Å². The van der Waals surface area contributed by atoms with Gasteiger partial charge in [0.25, 0.3) is 0 Å².